The molecule has 1 atom stereocenters. The van der Waals surface area contributed by atoms with E-state index in [9.17, 15) is 9.59 Å². The molecule has 5 heteroatoms. The van der Waals surface area contributed by atoms with E-state index in [0.29, 0.717) is 6.61 Å². The van der Waals surface area contributed by atoms with Gasteiger partial charge in [-0.3, -0.25) is 14.5 Å². The van der Waals surface area contributed by atoms with Gasteiger partial charge in [0.05, 0.1) is 13.2 Å². The van der Waals surface area contributed by atoms with E-state index in [2.05, 4.69) is 5.32 Å². The van der Waals surface area contributed by atoms with Gasteiger partial charge in [-0.25, -0.2) is 0 Å². The van der Waals surface area contributed by atoms with Gasteiger partial charge in [-0.05, 0) is 26.3 Å². The number of nitrogens with one attached hydrogen (secondary N) is 1. The first-order valence-corrected chi connectivity index (χ1v) is 6.71. The quantitative estimate of drug-likeness (QED) is 0.631. The zero-order valence-electron chi connectivity index (χ0n) is 12.0. The SMILES string of the molecule is CCCC(C(=O)OCC)N(CCC)CC(=O)NC. The molecule has 18 heavy (non-hydrogen) atoms. The summed E-state index contributed by atoms with van der Waals surface area (Å²) in [6.45, 7) is 7.19. The van der Waals surface area contributed by atoms with Crippen LogP contribution in [0, 0.1) is 0 Å². The van der Waals surface area contributed by atoms with Crippen molar-refractivity contribution in [3.05, 3.63) is 0 Å². The van der Waals surface area contributed by atoms with Crippen LogP contribution in [-0.4, -0.2) is 49.6 Å². The number of hydrogen-bond donors (Lipinski definition) is 1. The van der Waals surface area contributed by atoms with Crippen LogP contribution >= 0.6 is 0 Å². The Morgan fingerprint density at radius 2 is 1.89 bits per heavy atom. The highest BCUT2D eigenvalue weighted by atomic mass is 16.5. The van der Waals surface area contributed by atoms with Gasteiger partial charge in [0, 0.05) is 7.05 Å². The van der Waals surface area contributed by atoms with Crippen LogP contribution in [0.3, 0.4) is 0 Å². The third-order valence-corrected chi connectivity index (χ3v) is 2.70. The highest BCUT2D eigenvalue weighted by Gasteiger charge is 2.27. The normalized spacial score (nSPS) is 12.3. The second kappa shape index (κ2) is 9.88. The zero-order chi connectivity index (χ0) is 14.0. The van der Waals surface area contributed by atoms with Crippen molar-refractivity contribution < 1.29 is 14.3 Å². The van der Waals surface area contributed by atoms with E-state index in [1.54, 1.807) is 14.0 Å². The Bertz CT molecular complexity index is 257. The molecule has 5 nitrogen and oxygen atoms in total. The average Bonchev–Trinajstić information content (AvgIpc) is 2.35. The Hall–Kier alpha value is -1.10. The molecular formula is C13H26N2O3. The van der Waals surface area contributed by atoms with Crippen LogP contribution in [0.25, 0.3) is 0 Å². The molecule has 0 spiro atoms. The van der Waals surface area contributed by atoms with Gasteiger partial charge in [-0.15, -0.1) is 0 Å². The Labute approximate surface area is 110 Å². The van der Waals surface area contributed by atoms with Crippen molar-refractivity contribution in [2.45, 2.75) is 46.1 Å². The second-order valence-electron chi connectivity index (χ2n) is 4.20. The molecule has 0 bridgehead atoms. The molecule has 0 heterocycles. The number of carbonyl (C=O) groups excluding carboxylic acids is 2. The summed E-state index contributed by atoms with van der Waals surface area (Å²) in [5, 5.41) is 2.59. The van der Waals surface area contributed by atoms with E-state index in [-0.39, 0.29) is 24.5 Å². The lowest BCUT2D eigenvalue weighted by atomic mass is 10.1. The summed E-state index contributed by atoms with van der Waals surface area (Å²) in [6.07, 6.45) is 2.50. The predicted molar refractivity (Wildman–Crippen MR) is 71.3 cm³/mol. The fraction of sp³-hybridized carbons (Fsp3) is 0.846. The maximum absolute atomic E-state index is 11.9. The van der Waals surface area contributed by atoms with Crippen LogP contribution in [0.1, 0.15) is 40.0 Å². The van der Waals surface area contributed by atoms with Crippen molar-refractivity contribution in [2.75, 3.05) is 26.7 Å². The Kier molecular flexibility index (Phi) is 9.28. The lowest BCUT2D eigenvalue weighted by Gasteiger charge is -2.28. The lowest BCUT2D eigenvalue weighted by Crippen LogP contribution is -2.47. The molecule has 1 N–H and O–H groups in total. The molecule has 0 aromatic rings. The van der Waals surface area contributed by atoms with Crippen molar-refractivity contribution in [3.8, 4) is 0 Å². The Balaban J connectivity index is 4.73. The van der Waals surface area contributed by atoms with Gasteiger partial charge in [-0.2, -0.15) is 0 Å². The van der Waals surface area contributed by atoms with E-state index in [0.717, 1.165) is 25.8 Å². The largest absolute Gasteiger partial charge is 0.465 e. The topological polar surface area (TPSA) is 58.6 Å². The van der Waals surface area contributed by atoms with E-state index in [4.69, 9.17) is 4.74 Å². The number of hydrogen-bond acceptors (Lipinski definition) is 4. The third kappa shape index (κ3) is 6.00. The molecule has 0 radical (unpaired) electrons. The third-order valence-electron chi connectivity index (χ3n) is 2.70. The summed E-state index contributed by atoms with van der Waals surface area (Å²) in [7, 11) is 1.60. The number of likely N-dealkylation sites (N-methyl/N-ethyl adjacent to an activating group) is 1. The minimum atomic E-state index is -0.313. The highest BCUT2D eigenvalue weighted by molar-refractivity contribution is 5.80. The molecule has 0 saturated carbocycles. The highest BCUT2D eigenvalue weighted by Crippen LogP contribution is 2.10. The number of amides is 1. The van der Waals surface area contributed by atoms with Crippen LogP contribution in [0.4, 0.5) is 0 Å². The Morgan fingerprint density at radius 1 is 1.22 bits per heavy atom. The molecule has 0 saturated heterocycles. The molecule has 1 amide bonds. The summed E-state index contributed by atoms with van der Waals surface area (Å²) in [5.41, 5.74) is 0. The van der Waals surface area contributed by atoms with E-state index < -0.39 is 0 Å². The van der Waals surface area contributed by atoms with Gasteiger partial charge in [0.1, 0.15) is 6.04 Å². The summed E-state index contributed by atoms with van der Waals surface area (Å²) in [4.78, 5) is 25.3. The molecule has 0 rings (SSSR count). The van der Waals surface area contributed by atoms with Crippen LogP contribution in [0.2, 0.25) is 0 Å². The van der Waals surface area contributed by atoms with Crippen molar-refractivity contribution in [2.24, 2.45) is 0 Å². The molecule has 0 aliphatic rings. The maximum Gasteiger partial charge on any atom is 0.323 e. The van der Waals surface area contributed by atoms with Gasteiger partial charge in [0.25, 0.3) is 0 Å². The molecule has 0 aromatic heterocycles. The van der Waals surface area contributed by atoms with Crippen LogP contribution in [0.15, 0.2) is 0 Å². The van der Waals surface area contributed by atoms with Crippen LogP contribution in [-0.2, 0) is 14.3 Å². The van der Waals surface area contributed by atoms with Crippen LogP contribution < -0.4 is 5.32 Å². The first-order valence-electron chi connectivity index (χ1n) is 6.71. The number of esters is 1. The summed E-state index contributed by atoms with van der Waals surface area (Å²) < 4.78 is 5.09. The van der Waals surface area contributed by atoms with E-state index in [1.807, 2.05) is 18.7 Å². The molecule has 106 valence electrons. The zero-order valence-corrected chi connectivity index (χ0v) is 12.0. The minimum Gasteiger partial charge on any atom is -0.465 e. The Morgan fingerprint density at radius 3 is 2.33 bits per heavy atom. The van der Waals surface area contributed by atoms with Gasteiger partial charge in [-0.1, -0.05) is 20.3 Å². The fourth-order valence-corrected chi connectivity index (χ4v) is 1.86. The van der Waals surface area contributed by atoms with Crippen molar-refractivity contribution in [1.82, 2.24) is 10.2 Å². The number of nitrogens with zero attached hydrogens (tertiary/aromatic N) is 1. The van der Waals surface area contributed by atoms with Gasteiger partial charge >= 0.3 is 5.97 Å². The maximum atomic E-state index is 11.9. The van der Waals surface area contributed by atoms with Crippen molar-refractivity contribution in [1.29, 1.82) is 0 Å². The predicted octanol–water partition coefficient (Wildman–Crippen LogP) is 1.18. The first-order chi connectivity index (χ1) is 8.60. The smallest absolute Gasteiger partial charge is 0.323 e. The molecule has 0 aliphatic carbocycles. The van der Waals surface area contributed by atoms with E-state index in [1.165, 1.54) is 0 Å². The van der Waals surface area contributed by atoms with Crippen molar-refractivity contribution in [3.63, 3.8) is 0 Å². The molecule has 0 aromatic carbocycles. The van der Waals surface area contributed by atoms with E-state index >= 15 is 0 Å². The minimum absolute atomic E-state index is 0.0751. The van der Waals surface area contributed by atoms with Crippen molar-refractivity contribution >= 4 is 11.9 Å². The fourth-order valence-electron chi connectivity index (χ4n) is 1.86. The number of rotatable bonds is 9. The van der Waals surface area contributed by atoms with Crippen LogP contribution in [0.5, 0.6) is 0 Å². The molecule has 0 aliphatic heterocycles. The number of ether oxygens (including phenoxy) is 1. The molecule has 1 unspecified atom stereocenters. The number of carbonyl (C=O) groups is 2. The summed E-state index contributed by atoms with van der Waals surface area (Å²) in [5.74, 6) is -0.300. The van der Waals surface area contributed by atoms with Gasteiger partial charge < -0.3 is 10.1 Å². The standard InChI is InChI=1S/C13H26N2O3/c1-5-8-11(13(17)18-7-3)15(9-6-2)10-12(16)14-4/h11H,5-10H2,1-4H3,(H,14,16). The van der Waals surface area contributed by atoms with Gasteiger partial charge in [0.2, 0.25) is 5.91 Å². The average molecular weight is 258 g/mol. The molecular weight excluding hydrogens is 232 g/mol. The lowest BCUT2D eigenvalue weighted by molar-refractivity contribution is -0.150. The second-order valence-corrected chi connectivity index (χ2v) is 4.20. The first kappa shape index (κ1) is 16.9. The van der Waals surface area contributed by atoms with Gasteiger partial charge in [0.15, 0.2) is 0 Å². The summed E-state index contributed by atoms with van der Waals surface area (Å²) in [6, 6.07) is -0.313. The molecule has 0 fully saturated rings. The monoisotopic (exact) mass is 258 g/mol. The summed E-state index contributed by atoms with van der Waals surface area (Å²) >= 11 is 0.